The van der Waals surface area contributed by atoms with Crippen LogP contribution in [0.1, 0.15) is 13.3 Å². The Kier molecular flexibility index (Phi) is 6.23. The summed E-state index contributed by atoms with van der Waals surface area (Å²) in [5.41, 5.74) is -0.286. The molecule has 0 heterocycles. The summed E-state index contributed by atoms with van der Waals surface area (Å²) in [5.74, 6) is 0.747. The van der Waals surface area contributed by atoms with E-state index in [4.69, 9.17) is 21.1 Å². The van der Waals surface area contributed by atoms with Gasteiger partial charge in [-0.3, -0.25) is 0 Å². The molecule has 0 aromatic carbocycles. The average molecular weight is 197 g/mol. The fourth-order valence-corrected chi connectivity index (χ4v) is 2.88. The lowest BCUT2D eigenvalue weighted by Gasteiger charge is -2.25. The molecule has 0 saturated heterocycles. The van der Waals surface area contributed by atoms with Crippen LogP contribution in [0.3, 0.4) is 0 Å². The second-order valence-corrected chi connectivity index (χ2v) is 5.56. The number of rotatable bonds is 6. The second kappa shape index (κ2) is 6.00. The fraction of sp³-hybridized carbons (Fsp3) is 1.00. The predicted molar refractivity (Wildman–Crippen MR) is 51.1 cm³/mol. The number of ether oxygens (including phenoxy) is 2. The normalized spacial score (nSPS) is 13.1. The minimum Gasteiger partial charge on any atom is -0.358 e. The van der Waals surface area contributed by atoms with Gasteiger partial charge in [0, 0.05) is 20.1 Å². The Morgan fingerprint density at radius 1 is 1.36 bits per heavy atom. The van der Waals surface area contributed by atoms with Crippen molar-refractivity contribution in [1.82, 2.24) is 0 Å². The van der Waals surface area contributed by atoms with Gasteiger partial charge in [-0.2, -0.15) is 0 Å². The number of hydrogen-bond acceptors (Lipinski definition) is 2. The molecule has 0 unspecified atom stereocenters. The lowest BCUT2D eigenvalue weighted by Crippen LogP contribution is -2.36. The van der Waals surface area contributed by atoms with E-state index in [9.17, 15) is 0 Å². The van der Waals surface area contributed by atoms with Crippen LogP contribution in [-0.2, 0) is 9.47 Å². The molecule has 0 atom stereocenters. The van der Waals surface area contributed by atoms with Gasteiger partial charge < -0.3 is 9.47 Å². The minimum absolute atomic E-state index is 0.286. The Bertz CT molecular complexity index is 96.4. The first-order valence-electron chi connectivity index (χ1n) is 3.85. The summed E-state index contributed by atoms with van der Waals surface area (Å²) < 4.78 is 10.5. The number of alkyl halides is 1. The van der Waals surface area contributed by atoms with Crippen LogP contribution in [0.2, 0.25) is 6.04 Å². The molecule has 0 saturated carbocycles. The average Bonchev–Trinajstić information content (AvgIpc) is 2.05. The molecule has 0 bridgehead atoms. The van der Waals surface area contributed by atoms with E-state index in [1.165, 1.54) is 6.04 Å². The van der Waals surface area contributed by atoms with Crippen LogP contribution < -0.4 is 0 Å². The summed E-state index contributed by atoms with van der Waals surface area (Å²) >= 11 is 5.56. The van der Waals surface area contributed by atoms with Gasteiger partial charge in [-0.1, -0.05) is 6.04 Å². The van der Waals surface area contributed by atoms with Crippen molar-refractivity contribution in [2.24, 2.45) is 0 Å². The van der Waals surface area contributed by atoms with E-state index in [1.54, 1.807) is 14.2 Å². The quantitative estimate of drug-likeness (QED) is 0.275. The second-order valence-electron chi connectivity index (χ2n) is 2.69. The van der Waals surface area contributed by atoms with Crippen molar-refractivity contribution >= 4 is 21.1 Å². The van der Waals surface area contributed by atoms with Gasteiger partial charge in [0.2, 0.25) is 0 Å². The molecule has 0 aliphatic rings. The molecule has 4 heteroatoms. The van der Waals surface area contributed by atoms with Gasteiger partial charge in [0.1, 0.15) is 5.41 Å². The molecule has 0 spiro atoms. The van der Waals surface area contributed by atoms with E-state index in [2.05, 4.69) is 0 Å². The molecule has 0 aromatic heterocycles. The number of methoxy groups -OCH3 is 2. The molecule has 11 heavy (non-hydrogen) atoms. The molecule has 0 aliphatic carbocycles. The fourth-order valence-electron chi connectivity index (χ4n) is 0.828. The summed E-state index contributed by atoms with van der Waals surface area (Å²) in [4.78, 5) is 0. The Labute approximate surface area is 76.0 Å². The van der Waals surface area contributed by atoms with Crippen LogP contribution in [-0.4, -0.2) is 35.0 Å². The van der Waals surface area contributed by atoms with Crippen molar-refractivity contribution in [3.05, 3.63) is 0 Å². The Morgan fingerprint density at radius 2 is 1.91 bits per heavy atom. The van der Waals surface area contributed by atoms with Crippen molar-refractivity contribution in [2.45, 2.75) is 24.8 Å². The van der Waals surface area contributed by atoms with Gasteiger partial charge >= 0.3 is 0 Å². The molecule has 2 nitrogen and oxygen atoms in total. The first-order valence-corrected chi connectivity index (χ1v) is 6.09. The molecule has 0 N–H and O–H groups in total. The predicted octanol–water partition coefficient (Wildman–Crippen LogP) is 1.17. The van der Waals surface area contributed by atoms with Gasteiger partial charge in [-0.05, 0) is 13.3 Å². The third-order valence-electron chi connectivity index (χ3n) is 1.88. The molecule has 0 radical (unpaired) electrons. The van der Waals surface area contributed by atoms with Gasteiger partial charge in [-0.15, -0.1) is 11.6 Å². The zero-order chi connectivity index (χ0) is 8.74. The summed E-state index contributed by atoms with van der Waals surface area (Å²) in [6, 6.07) is 1.18. The van der Waals surface area contributed by atoms with Crippen molar-refractivity contribution in [3.8, 4) is 0 Å². The van der Waals surface area contributed by atoms with Crippen LogP contribution in [0, 0.1) is 0 Å². The maximum absolute atomic E-state index is 5.56. The summed E-state index contributed by atoms with van der Waals surface area (Å²) in [6.45, 7) is 1.99. The van der Waals surface area contributed by atoms with Crippen molar-refractivity contribution in [3.63, 3.8) is 0 Å². The molecule has 68 valence electrons. The lowest BCUT2D eigenvalue weighted by molar-refractivity contribution is -0.130. The molecule has 0 fully saturated rings. The Morgan fingerprint density at radius 3 is 2.27 bits per heavy atom. The lowest BCUT2D eigenvalue weighted by atomic mass is 10.6. The highest BCUT2D eigenvalue weighted by molar-refractivity contribution is 6.38. The molecular weight excluding hydrogens is 180 g/mol. The van der Waals surface area contributed by atoms with Crippen molar-refractivity contribution in [1.29, 1.82) is 0 Å². The van der Waals surface area contributed by atoms with Crippen molar-refractivity contribution in [2.75, 3.05) is 20.1 Å². The van der Waals surface area contributed by atoms with E-state index in [0.29, 0.717) is 0 Å². The molecule has 0 rings (SSSR count). The topological polar surface area (TPSA) is 18.5 Å². The van der Waals surface area contributed by atoms with Crippen LogP contribution in [0.25, 0.3) is 0 Å². The number of halogens is 1. The summed E-state index contributed by atoms with van der Waals surface area (Å²) in [5, 5.41) is 0. The van der Waals surface area contributed by atoms with Crippen LogP contribution >= 0.6 is 11.6 Å². The standard InChI is InChI=1S/C7H17ClO2Si/c1-7(9-2,10-3)11-6-4-5-8/h4-6,11H2,1-3H3. The highest BCUT2D eigenvalue weighted by Crippen LogP contribution is 2.10. The van der Waals surface area contributed by atoms with E-state index < -0.39 is 0 Å². The first kappa shape index (κ1) is 11.4. The molecular formula is C7H17ClO2Si. The molecule has 0 amide bonds. The smallest absolute Gasteiger partial charge is 0.141 e. The van der Waals surface area contributed by atoms with E-state index in [0.717, 1.165) is 12.3 Å². The van der Waals surface area contributed by atoms with Crippen molar-refractivity contribution < 1.29 is 9.47 Å². The number of hydrogen-bond donors (Lipinski definition) is 0. The van der Waals surface area contributed by atoms with E-state index >= 15 is 0 Å². The van der Waals surface area contributed by atoms with Gasteiger partial charge in [0.05, 0.1) is 9.52 Å². The highest BCUT2D eigenvalue weighted by Gasteiger charge is 2.21. The zero-order valence-electron chi connectivity index (χ0n) is 7.52. The Hall–Kier alpha value is 0.427. The Balaban J connectivity index is 3.51. The molecule has 0 aromatic rings. The van der Waals surface area contributed by atoms with Gasteiger partial charge in [0.25, 0.3) is 0 Å². The van der Waals surface area contributed by atoms with E-state index in [-0.39, 0.29) is 14.9 Å². The highest BCUT2D eigenvalue weighted by atomic mass is 35.5. The zero-order valence-corrected chi connectivity index (χ0v) is 9.69. The third-order valence-corrected chi connectivity index (χ3v) is 4.48. The third kappa shape index (κ3) is 4.79. The van der Waals surface area contributed by atoms with Crippen LogP contribution in [0.5, 0.6) is 0 Å². The monoisotopic (exact) mass is 196 g/mol. The minimum atomic E-state index is -0.311. The first-order chi connectivity index (χ1) is 5.18. The SMILES string of the molecule is COC(C)(OC)[SiH2]CCCCl. The van der Waals surface area contributed by atoms with Crippen LogP contribution in [0.4, 0.5) is 0 Å². The van der Waals surface area contributed by atoms with E-state index in [1.807, 2.05) is 6.92 Å². The van der Waals surface area contributed by atoms with Gasteiger partial charge in [-0.25, -0.2) is 0 Å². The summed E-state index contributed by atoms with van der Waals surface area (Å²) in [7, 11) is 3.07. The summed E-state index contributed by atoms with van der Waals surface area (Å²) in [6.07, 6.45) is 1.08. The molecule has 0 aliphatic heterocycles. The largest absolute Gasteiger partial charge is 0.358 e. The maximum Gasteiger partial charge on any atom is 0.141 e. The van der Waals surface area contributed by atoms with Crippen LogP contribution in [0.15, 0.2) is 0 Å². The maximum atomic E-state index is 5.56. The van der Waals surface area contributed by atoms with Gasteiger partial charge in [0.15, 0.2) is 0 Å².